The molecule has 1 N–H and O–H groups in total. The summed E-state index contributed by atoms with van der Waals surface area (Å²) in [7, 11) is 4.71. The summed E-state index contributed by atoms with van der Waals surface area (Å²) in [6, 6.07) is 10.6. The van der Waals surface area contributed by atoms with E-state index in [1.54, 1.807) is 51.7 Å². The molecule has 0 aromatic heterocycles. The average molecular weight is 345 g/mol. The van der Waals surface area contributed by atoms with Gasteiger partial charge in [0.2, 0.25) is 5.91 Å². The van der Waals surface area contributed by atoms with Crippen LogP contribution in [0.2, 0.25) is 0 Å². The quantitative estimate of drug-likeness (QED) is 0.795. The van der Waals surface area contributed by atoms with E-state index in [2.05, 4.69) is 5.32 Å². The standard InChI is InChI=1S/C19H23NO5/c1-5-25-16-9-7-14(11-18(16)24-4)20-19(21)10-13-6-8-15(22-2)12-17(13)23-3/h6-9,11-12H,5,10H2,1-4H3,(H,20,21). The zero-order chi connectivity index (χ0) is 18.2. The molecule has 0 spiro atoms. The van der Waals surface area contributed by atoms with Gasteiger partial charge in [0, 0.05) is 23.4 Å². The Hall–Kier alpha value is -2.89. The van der Waals surface area contributed by atoms with Gasteiger partial charge in [0.1, 0.15) is 11.5 Å². The van der Waals surface area contributed by atoms with E-state index in [1.807, 2.05) is 13.0 Å². The summed E-state index contributed by atoms with van der Waals surface area (Å²) in [4.78, 5) is 12.3. The first-order valence-corrected chi connectivity index (χ1v) is 7.92. The predicted molar refractivity (Wildman–Crippen MR) is 96.0 cm³/mol. The number of carbonyl (C=O) groups is 1. The van der Waals surface area contributed by atoms with Gasteiger partial charge >= 0.3 is 0 Å². The third-order valence-electron chi connectivity index (χ3n) is 3.59. The average Bonchev–Trinajstić information content (AvgIpc) is 2.63. The normalized spacial score (nSPS) is 10.1. The number of anilines is 1. The first kappa shape index (κ1) is 18.4. The SMILES string of the molecule is CCOc1ccc(NC(=O)Cc2ccc(OC)cc2OC)cc1OC. The van der Waals surface area contributed by atoms with Gasteiger partial charge in [0.15, 0.2) is 11.5 Å². The number of hydrogen-bond donors (Lipinski definition) is 1. The molecule has 2 rings (SSSR count). The third-order valence-corrected chi connectivity index (χ3v) is 3.59. The highest BCUT2D eigenvalue weighted by Crippen LogP contribution is 2.30. The fraction of sp³-hybridized carbons (Fsp3) is 0.316. The monoisotopic (exact) mass is 345 g/mol. The van der Waals surface area contributed by atoms with E-state index >= 15 is 0 Å². The van der Waals surface area contributed by atoms with Gasteiger partial charge in [0.25, 0.3) is 0 Å². The molecule has 0 aliphatic heterocycles. The lowest BCUT2D eigenvalue weighted by atomic mass is 10.1. The summed E-state index contributed by atoms with van der Waals surface area (Å²) in [5.41, 5.74) is 1.41. The number of ether oxygens (including phenoxy) is 4. The van der Waals surface area contributed by atoms with Crippen LogP contribution in [0.3, 0.4) is 0 Å². The van der Waals surface area contributed by atoms with Gasteiger partial charge in [-0.3, -0.25) is 4.79 Å². The molecule has 25 heavy (non-hydrogen) atoms. The van der Waals surface area contributed by atoms with E-state index in [9.17, 15) is 4.79 Å². The molecular formula is C19H23NO5. The number of nitrogens with one attached hydrogen (secondary N) is 1. The van der Waals surface area contributed by atoms with E-state index in [0.29, 0.717) is 35.3 Å². The van der Waals surface area contributed by atoms with Crippen LogP contribution in [0, 0.1) is 0 Å². The second-order valence-corrected chi connectivity index (χ2v) is 5.20. The Labute approximate surface area is 147 Å². The van der Waals surface area contributed by atoms with Crippen molar-refractivity contribution < 1.29 is 23.7 Å². The van der Waals surface area contributed by atoms with Crippen LogP contribution in [0.1, 0.15) is 12.5 Å². The van der Waals surface area contributed by atoms with Crippen LogP contribution in [-0.4, -0.2) is 33.8 Å². The number of rotatable bonds is 8. The fourth-order valence-corrected chi connectivity index (χ4v) is 2.40. The van der Waals surface area contributed by atoms with Crippen LogP contribution in [0.15, 0.2) is 36.4 Å². The van der Waals surface area contributed by atoms with E-state index in [4.69, 9.17) is 18.9 Å². The van der Waals surface area contributed by atoms with Gasteiger partial charge in [-0.05, 0) is 25.1 Å². The fourth-order valence-electron chi connectivity index (χ4n) is 2.40. The molecule has 0 saturated heterocycles. The molecule has 0 unspecified atom stereocenters. The molecule has 2 aromatic carbocycles. The van der Waals surface area contributed by atoms with E-state index in [1.165, 1.54) is 0 Å². The van der Waals surface area contributed by atoms with Gasteiger partial charge in [-0.15, -0.1) is 0 Å². The minimum Gasteiger partial charge on any atom is -0.497 e. The summed E-state index contributed by atoms with van der Waals surface area (Å²) < 4.78 is 21.2. The number of methoxy groups -OCH3 is 3. The van der Waals surface area contributed by atoms with Crippen LogP contribution in [0.4, 0.5) is 5.69 Å². The number of carbonyl (C=O) groups excluding carboxylic acids is 1. The molecule has 1 amide bonds. The van der Waals surface area contributed by atoms with Crippen LogP contribution in [0.25, 0.3) is 0 Å². The number of hydrogen-bond acceptors (Lipinski definition) is 5. The highest BCUT2D eigenvalue weighted by Gasteiger charge is 2.12. The second-order valence-electron chi connectivity index (χ2n) is 5.20. The summed E-state index contributed by atoms with van der Waals surface area (Å²) in [6.45, 7) is 2.44. The van der Waals surface area contributed by atoms with Crippen LogP contribution < -0.4 is 24.3 Å². The molecule has 0 aliphatic rings. The number of amides is 1. The molecule has 0 saturated carbocycles. The van der Waals surface area contributed by atoms with Crippen molar-refractivity contribution in [3.8, 4) is 23.0 Å². The van der Waals surface area contributed by atoms with Gasteiger partial charge in [-0.2, -0.15) is 0 Å². The predicted octanol–water partition coefficient (Wildman–Crippen LogP) is 3.29. The molecule has 6 nitrogen and oxygen atoms in total. The molecular weight excluding hydrogens is 322 g/mol. The van der Waals surface area contributed by atoms with Gasteiger partial charge < -0.3 is 24.3 Å². The van der Waals surface area contributed by atoms with Crippen LogP contribution in [-0.2, 0) is 11.2 Å². The lowest BCUT2D eigenvalue weighted by Crippen LogP contribution is -2.15. The van der Waals surface area contributed by atoms with E-state index in [0.717, 1.165) is 5.56 Å². The molecule has 0 radical (unpaired) electrons. The molecule has 0 aliphatic carbocycles. The van der Waals surface area contributed by atoms with Crippen molar-refractivity contribution in [2.24, 2.45) is 0 Å². The van der Waals surface area contributed by atoms with Gasteiger partial charge in [-0.25, -0.2) is 0 Å². The largest absolute Gasteiger partial charge is 0.497 e. The minimum atomic E-state index is -0.158. The van der Waals surface area contributed by atoms with Crippen molar-refractivity contribution >= 4 is 11.6 Å². The Balaban J connectivity index is 2.10. The maximum atomic E-state index is 12.3. The Morgan fingerprint density at radius 1 is 0.920 bits per heavy atom. The second kappa shape index (κ2) is 8.82. The molecule has 2 aromatic rings. The third kappa shape index (κ3) is 4.79. The smallest absolute Gasteiger partial charge is 0.228 e. The summed E-state index contributed by atoms with van der Waals surface area (Å²) >= 11 is 0. The molecule has 0 atom stereocenters. The molecule has 0 heterocycles. The highest BCUT2D eigenvalue weighted by molar-refractivity contribution is 5.93. The van der Waals surface area contributed by atoms with Crippen molar-refractivity contribution in [2.45, 2.75) is 13.3 Å². The highest BCUT2D eigenvalue weighted by atomic mass is 16.5. The number of benzene rings is 2. The molecule has 0 fully saturated rings. The van der Waals surface area contributed by atoms with Crippen molar-refractivity contribution in [3.05, 3.63) is 42.0 Å². The lowest BCUT2D eigenvalue weighted by molar-refractivity contribution is -0.115. The summed E-state index contributed by atoms with van der Waals surface area (Å²) in [6.07, 6.45) is 0.183. The molecule has 0 bridgehead atoms. The molecule has 134 valence electrons. The maximum absolute atomic E-state index is 12.3. The topological polar surface area (TPSA) is 66.0 Å². The summed E-state index contributed by atoms with van der Waals surface area (Å²) in [5.74, 6) is 2.34. The van der Waals surface area contributed by atoms with Crippen molar-refractivity contribution in [3.63, 3.8) is 0 Å². The Morgan fingerprint density at radius 2 is 1.68 bits per heavy atom. The van der Waals surface area contributed by atoms with Crippen LogP contribution in [0.5, 0.6) is 23.0 Å². The van der Waals surface area contributed by atoms with Crippen LogP contribution >= 0.6 is 0 Å². The van der Waals surface area contributed by atoms with Crippen molar-refractivity contribution in [1.82, 2.24) is 0 Å². The maximum Gasteiger partial charge on any atom is 0.228 e. The first-order valence-electron chi connectivity index (χ1n) is 7.92. The van der Waals surface area contributed by atoms with Gasteiger partial charge in [0.05, 0.1) is 34.4 Å². The van der Waals surface area contributed by atoms with Crippen molar-refractivity contribution in [1.29, 1.82) is 0 Å². The minimum absolute atomic E-state index is 0.158. The zero-order valence-electron chi connectivity index (χ0n) is 14.9. The zero-order valence-corrected chi connectivity index (χ0v) is 14.9. The molecule has 6 heteroatoms. The van der Waals surface area contributed by atoms with E-state index < -0.39 is 0 Å². The Bertz CT molecular complexity index is 730. The lowest BCUT2D eigenvalue weighted by Gasteiger charge is -2.13. The Kier molecular flexibility index (Phi) is 6.51. The van der Waals surface area contributed by atoms with E-state index in [-0.39, 0.29) is 12.3 Å². The Morgan fingerprint density at radius 3 is 2.32 bits per heavy atom. The summed E-state index contributed by atoms with van der Waals surface area (Å²) in [5, 5.41) is 2.85. The van der Waals surface area contributed by atoms with Crippen molar-refractivity contribution in [2.75, 3.05) is 33.3 Å². The first-order chi connectivity index (χ1) is 12.1. The van der Waals surface area contributed by atoms with Gasteiger partial charge in [-0.1, -0.05) is 6.07 Å².